The molecule has 1 saturated heterocycles. The van der Waals surface area contributed by atoms with Gasteiger partial charge in [-0.25, -0.2) is 0 Å². The number of rotatable bonds is 3. The summed E-state index contributed by atoms with van der Waals surface area (Å²) in [4.78, 5) is 2.62. The fraction of sp³-hybridized carbons (Fsp3) is 0.200. The van der Waals surface area contributed by atoms with Crippen LogP contribution in [0.15, 0.2) is 90.5 Å². The van der Waals surface area contributed by atoms with Crippen molar-refractivity contribution in [2.45, 2.75) is 13.0 Å². The average molecular weight is 337 g/mol. The van der Waals surface area contributed by atoms with Crippen LogP contribution < -0.4 is 0 Å². The summed E-state index contributed by atoms with van der Waals surface area (Å²) in [6.45, 7) is 3.28. The van der Waals surface area contributed by atoms with Gasteiger partial charge in [-0.3, -0.25) is 4.90 Å². The number of likely N-dealkylation sites (tertiary alicyclic amines) is 1. The SMILES string of the molecule is c1ccc(CN2CC3=C(c4ccccc4)c4ccccc4CC3C2)cc1. The third-order valence-corrected chi connectivity index (χ3v) is 5.75. The molecular weight excluding hydrogens is 314 g/mol. The van der Waals surface area contributed by atoms with Crippen molar-refractivity contribution in [3.05, 3.63) is 113 Å². The lowest BCUT2D eigenvalue weighted by atomic mass is 9.78. The van der Waals surface area contributed by atoms with E-state index in [0.717, 1.165) is 19.6 Å². The van der Waals surface area contributed by atoms with Gasteiger partial charge in [0.05, 0.1) is 0 Å². The van der Waals surface area contributed by atoms with E-state index in [2.05, 4.69) is 89.8 Å². The lowest BCUT2D eigenvalue weighted by molar-refractivity contribution is 0.317. The van der Waals surface area contributed by atoms with Crippen LogP contribution in [0.3, 0.4) is 0 Å². The Morgan fingerprint density at radius 3 is 2.27 bits per heavy atom. The molecule has 0 aromatic heterocycles. The summed E-state index contributed by atoms with van der Waals surface area (Å²) in [5.41, 5.74) is 8.82. The zero-order chi connectivity index (χ0) is 17.3. The van der Waals surface area contributed by atoms with Crippen molar-refractivity contribution >= 4 is 5.57 Å². The Kier molecular flexibility index (Phi) is 3.95. The monoisotopic (exact) mass is 337 g/mol. The summed E-state index contributed by atoms with van der Waals surface area (Å²) < 4.78 is 0. The molecule has 3 aromatic carbocycles. The maximum atomic E-state index is 2.62. The molecule has 0 saturated carbocycles. The highest BCUT2D eigenvalue weighted by molar-refractivity contribution is 5.85. The zero-order valence-electron chi connectivity index (χ0n) is 14.9. The van der Waals surface area contributed by atoms with Gasteiger partial charge in [-0.15, -0.1) is 0 Å². The number of hydrogen-bond acceptors (Lipinski definition) is 1. The van der Waals surface area contributed by atoms with Crippen molar-refractivity contribution in [1.29, 1.82) is 0 Å². The molecule has 0 bridgehead atoms. The molecule has 1 fully saturated rings. The number of nitrogens with zero attached hydrogens (tertiary/aromatic N) is 1. The van der Waals surface area contributed by atoms with Gasteiger partial charge in [-0.2, -0.15) is 0 Å². The second kappa shape index (κ2) is 6.59. The fourth-order valence-corrected chi connectivity index (χ4v) is 4.62. The van der Waals surface area contributed by atoms with Crippen molar-refractivity contribution < 1.29 is 0 Å². The Morgan fingerprint density at radius 2 is 1.46 bits per heavy atom. The standard InChI is InChI=1S/C25H23N/c1-3-9-19(10-4-1)16-26-17-22-15-21-13-7-8-14-23(21)25(24(22)18-26)20-11-5-2-6-12-20/h1-14,22H,15-18H2. The summed E-state index contributed by atoms with van der Waals surface area (Å²) in [5.74, 6) is 0.642. The third kappa shape index (κ3) is 2.79. The number of benzene rings is 3. The van der Waals surface area contributed by atoms with E-state index in [1.807, 2.05) is 0 Å². The van der Waals surface area contributed by atoms with Crippen LogP contribution in [0.1, 0.15) is 22.3 Å². The molecule has 5 rings (SSSR count). The van der Waals surface area contributed by atoms with Gasteiger partial charge in [0.2, 0.25) is 0 Å². The minimum Gasteiger partial charge on any atom is -0.295 e. The van der Waals surface area contributed by atoms with Crippen molar-refractivity contribution in [1.82, 2.24) is 4.90 Å². The molecule has 1 aliphatic carbocycles. The molecule has 128 valence electrons. The Morgan fingerprint density at radius 1 is 0.769 bits per heavy atom. The smallest absolute Gasteiger partial charge is 0.0237 e. The van der Waals surface area contributed by atoms with Gasteiger partial charge in [0.15, 0.2) is 0 Å². The quantitative estimate of drug-likeness (QED) is 0.637. The largest absolute Gasteiger partial charge is 0.295 e. The highest BCUT2D eigenvalue weighted by atomic mass is 15.1. The Labute approximate surface area is 155 Å². The van der Waals surface area contributed by atoms with Crippen LogP contribution in [0.5, 0.6) is 0 Å². The van der Waals surface area contributed by atoms with Gasteiger partial charge in [-0.1, -0.05) is 84.9 Å². The molecule has 0 spiro atoms. The lowest BCUT2D eigenvalue weighted by Crippen LogP contribution is -2.20. The van der Waals surface area contributed by atoms with Gasteiger partial charge >= 0.3 is 0 Å². The molecule has 2 aliphatic rings. The van der Waals surface area contributed by atoms with Crippen LogP contribution in [0.4, 0.5) is 0 Å². The molecule has 0 amide bonds. The van der Waals surface area contributed by atoms with E-state index in [-0.39, 0.29) is 0 Å². The fourth-order valence-electron chi connectivity index (χ4n) is 4.62. The molecule has 0 radical (unpaired) electrons. The lowest BCUT2D eigenvalue weighted by Gasteiger charge is -2.26. The first-order chi connectivity index (χ1) is 12.9. The molecule has 3 aromatic rings. The van der Waals surface area contributed by atoms with E-state index in [4.69, 9.17) is 0 Å². The maximum Gasteiger partial charge on any atom is 0.0237 e. The maximum absolute atomic E-state index is 2.62. The van der Waals surface area contributed by atoms with E-state index in [9.17, 15) is 0 Å². The van der Waals surface area contributed by atoms with E-state index in [0.29, 0.717) is 5.92 Å². The van der Waals surface area contributed by atoms with E-state index in [1.54, 1.807) is 5.57 Å². The van der Waals surface area contributed by atoms with E-state index >= 15 is 0 Å². The first-order valence-electron chi connectivity index (χ1n) is 9.51. The van der Waals surface area contributed by atoms with Crippen molar-refractivity contribution in [3.63, 3.8) is 0 Å². The molecule has 0 N–H and O–H groups in total. The van der Waals surface area contributed by atoms with Gasteiger partial charge in [0, 0.05) is 19.6 Å². The third-order valence-electron chi connectivity index (χ3n) is 5.75. The van der Waals surface area contributed by atoms with Crippen LogP contribution in [0.2, 0.25) is 0 Å². The zero-order valence-corrected chi connectivity index (χ0v) is 14.9. The van der Waals surface area contributed by atoms with Crippen LogP contribution in [-0.4, -0.2) is 18.0 Å². The molecular formula is C25H23N. The van der Waals surface area contributed by atoms with E-state index in [1.165, 1.54) is 34.2 Å². The van der Waals surface area contributed by atoms with Crippen LogP contribution in [0, 0.1) is 5.92 Å². The van der Waals surface area contributed by atoms with Crippen molar-refractivity contribution in [2.24, 2.45) is 5.92 Å². The molecule has 1 nitrogen and oxygen atoms in total. The molecule has 1 aliphatic heterocycles. The Hall–Kier alpha value is -2.64. The van der Waals surface area contributed by atoms with Crippen LogP contribution >= 0.6 is 0 Å². The van der Waals surface area contributed by atoms with Crippen LogP contribution in [-0.2, 0) is 13.0 Å². The molecule has 1 heterocycles. The Balaban J connectivity index is 1.55. The average Bonchev–Trinajstić information content (AvgIpc) is 3.09. The van der Waals surface area contributed by atoms with Gasteiger partial charge in [0.1, 0.15) is 0 Å². The minimum absolute atomic E-state index is 0.642. The number of fused-ring (bicyclic) bond motifs is 2. The predicted molar refractivity (Wildman–Crippen MR) is 108 cm³/mol. The first-order valence-corrected chi connectivity index (χ1v) is 9.51. The van der Waals surface area contributed by atoms with Crippen LogP contribution in [0.25, 0.3) is 5.57 Å². The first kappa shape index (κ1) is 15.6. The number of hydrogen-bond donors (Lipinski definition) is 0. The van der Waals surface area contributed by atoms with Gasteiger partial charge in [0.25, 0.3) is 0 Å². The van der Waals surface area contributed by atoms with Crippen molar-refractivity contribution in [3.8, 4) is 0 Å². The molecule has 1 unspecified atom stereocenters. The normalized spacial score (nSPS) is 19.3. The van der Waals surface area contributed by atoms with Crippen molar-refractivity contribution in [2.75, 3.05) is 13.1 Å². The second-order valence-corrected chi connectivity index (χ2v) is 7.48. The molecule has 1 atom stereocenters. The highest BCUT2D eigenvalue weighted by Gasteiger charge is 2.34. The summed E-state index contributed by atoms with van der Waals surface area (Å²) in [6, 6.07) is 30.8. The molecule has 26 heavy (non-hydrogen) atoms. The molecule has 1 heteroatoms. The Bertz CT molecular complexity index is 940. The van der Waals surface area contributed by atoms with Gasteiger partial charge in [-0.05, 0) is 45.7 Å². The summed E-state index contributed by atoms with van der Waals surface area (Å²) in [5, 5.41) is 0. The highest BCUT2D eigenvalue weighted by Crippen LogP contribution is 2.42. The topological polar surface area (TPSA) is 3.24 Å². The summed E-state index contributed by atoms with van der Waals surface area (Å²) >= 11 is 0. The second-order valence-electron chi connectivity index (χ2n) is 7.48. The van der Waals surface area contributed by atoms with E-state index < -0.39 is 0 Å². The predicted octanol–water partition coefficient (Wildman–Crippen LogP) is 5.18. The van der Waals surface area contributed by atoms with Gasteiger partial charge < -0.3 is 0 Å². The summed E-state index contributed by atoms with van der Waals surface area (Å²) in [7, 11) is 0. The minimum atomic E-state index is 0.642. The summed E-state index contributed by atoms with van der Waals surface area (Å²) in [6.07, 6.45) is 1.17.